The molecular weight excluding hydrogens is 450 g/mol. The number of rotatable bonds is 6. The molecule has 0 spiro atoms. The summed E-state index contributed by atoms with van der Waals surface area (Å²) in [6.07, 6.45) is 0.934. The van der Waals surface area contributed by atoms with Crippen LogP contribution in [0.3, 0.4) is 0 Å². The summed E-state index contributed by atoms with van der Waals surface area (Å²) in [6, 6.07) is 19.4. The summed E-state index contributed by atoms with van der Waals surface area (Å²) >= 11 is 0. The lowest BCUT2D eigenvalue weighted by Gasteiger charge is -2.31. The zero-order valence-electron chi connectivity index (χ0n) is 21.5. The lowest BCUT2D eigenvalue weighted by Crippen LogP contribution is -2.35. The highest BCUT2D eigenvalue weighted by atomic mass is 16.5. The van der Waals surface area contributed by atoms with Gasteiger partial charge in [-0.05, 0) is 104 Å². The van der Waals surface area contributed by atoms with Gasteiger partial charge in [0.15, 0.2) is 0 Å². The highest BCUT2D eigenvalue weighted by Gasteiger charge is 2.30. The van der Waals surface area contributed by atoms with E-state index in [1.807, 2.05) is 37.3 Å². The summed E-state index contributed by atoms with van der Waals surface area (Å²) in [5.74, 6) is 2.82. The highest BCUT2D eigenvalue weighted by molar-refractivity contribution is 5.95. The lowest BCUT2D eigenvalue weighted by molar-refractivity contribution is 0.169. The van der Waals surface area contributed by atoms with E-state index in [9.17, 15) is 10.2 Å². The molecule has 1 saturated heterocycles. The molecule has 0 bridgehead atoms. The third-order valence-corrected chi connectivity index (χ3v) is 7.54. The van der Waals surface area contributed by atoms with Gasteiger partial charge in [0.05, 0.1) is 0 Å². The minimum atomic E-state index is -0.329. The number of allylic oxidation sites excluding steroid dienone is 1. The third kappa shape index (κ3) is 4.80. The summed E-state index contributed by atoms with van der Waals surface area (Å²) in [7, 11) is 0. The number of benzene rings is 3. The van der Waals surface area contributed by atoms with Crippen molar-refractivity contribution in [2.24, 2.45) is 5.92 Å². The maximum atomic E-state index is 10.1. The Morgan fingerprint density at radius 2 is 1.81 bits per heavy atom. The molecule has 0 aliphatic carbocycles. The third-order valence-electron chi connectivity index (χ3n) is 7.54. The maximum Gasteiger partial charge on any atom is 0.150 e. The maximum absolute atomic E-state index is 10.1. The van der Waals surface area contributed by atoms with Gasteiger partial charge in [-0.25, -0.2) is 0 Å². The molecule has 0 amide bonds. The molecule has 1 fully saturated rings. The van der Waals surface area contributed by atoms with E-state index in [4.69, 9.17) is 9.47 Å². The van der Waals surface area contributed by atoms with Gasteiger partial charge in [0.1, 0.15) is 35.7 Å². The van der Waals surface area contributed by atoms with Crippen molar-refractivity contribution >= 4 is 11.1 Å². The molecule has 2 aliphatic heterocycles. The number of fused-ring (bicyclic) bond motifs is 1. The predicted molar refractivity (Wildman–Crippen MR) is 144 cm³/mol. The van der Waals surface area contributed by atoms with E-state index in [0.29, 0.717) is 12.6 Å². The van der Waals surface area contributed by atoms with E-state index in [-0.39, 0.29) is 17.6 Å². The van der Waals surface area contributed by atoms with Gasteiger partial charge in [0, 0.05) is 23.7 Å². The van der Waals surface area contributed by atoms with Crippen LogP contribution in [-0.2, 0) is 0 Å². The van der Waals surface area contributed by atoms with Crippen molar-refractivity contribution in [3.63, 3.8) is 0 Å². The first-order chi connectivity index (χ1) is 17.3. The molecule has 36 heavy (non-hydrogen) atoms. The Morgan fingerprint density at radius 1 is 1.03 bits per heavy atom. The van der Waals surface area contributed by atoms with Crippen molar-refractivity contribution < 1.29 is 19.7 Å². The molecule has 0 aromatic heterocycles. The monoisotopic (exact) mass is 485 g/mol. The topological polar surface area (TPSA) is 62.2 Å². The minimum Gasteiger partial charge on any atom is -0.508 e. The molecule has 3 atom stereocenters. The number of hydrogen-bond acceptors (Lipinski definition) is 5. The normalized spacial score (nSPS) is 20.7. The first-order valence-electron chi connectivity index (χ1n) is 12.8. The van der Waals surface area contributed by atoms with Crippen molar-refractivity contribution in [3.8, 4) is 23.0 Å². The smallest absolute Gasteiger partial charge is 0.150 e. The van der Waals surface area contributed by atoms with E-state index >= 15 is 0 Å². The number of phenols is 2. The highest BCUT2D eigenvalue weighted by Crippen LogP contribution is 2.47. The molecular formula is C31H35NO4. The zero-order chi connectivity index (χ0) is 25.4. The van der Waals surface area contributed by atoms with Gasteiger partial charge >= 0.3 is 0 Å². The standard InChI is InChI=1S/C31H35NO4/c1-19-13-14-32(17-19)21(3)18-35-26-9-5-23(6-10-26)31-30(24-7-11-28(34)20(2)15-24)22(4)27-16-25(33)8-12-29(27)36-31/h5-12,15-16,19,21,31,33-34H,13-14,17-18H2,1-4H3. The summed E-state index contributed by atoms with van der Waals surface area (Å²) in [4.78, 5) is 2.50. The van der Waals surface area contributed by atoms with Crippen LogP contribution in [-0.4, -0.2) is 40.9 Å². The van der Waals surface area contributed by atoms with Crippen LogP contribution in [0.5, 0.6) is 23.0 Å². The average Bonchev–Trinajstić information content (AvgIpc) is 3.31. The molecule has 0 radical (unpaired) electrons. The SMILES string of the molecule is CC1=C(c2ccc(O)c(C)c2)C(c2ccc(OCC(C)N3CCC(C)C3)cc2)Oc2ccc(O)cc21. The summed E-state index contributed by atoms with van der Waals surface area (Å²) in [5, 5.41) is 20.2. The molecule has 5 nitrogen and oxygen atoms in total. The van der Waals surface area contributed by atoms with Crippen LogP contribution in [0.25, 0.3) is 11.1 Å². The molecule has 5 rings (SSSR count). The molecule has 2 N–H and O–H groups in total. The number of likely N-dealkylation sites (tertiary alicyclic amines) is 1. The first kappa shape index (κ1) is 24.3. The van der Waals surface area contributed by atoms with Crippen LogP contribution in [0, 0.1) is 12.8 Å². The lowest BCUT2D eigenvalue weighted by atomic mass is 9.85. The fraction of sp³-hybridized carbons (Fsp3) is 0.355. The number of ether oxygens (including phenoxy) is 2. The average molecular weight is 486 g/mol. The van der Waals surface area contributed by atoms with Crippen LogP contribution in [0.15, 0.2) is 60.7 Å². The second kappa shape index (κ2) is 9.90. The molecule has 0 saturated carbocycles. The molecule has 3 aromatic rings. The molecule has 3 unspecified atom stereocenters. The van der Waals surface area contributed by atoms with E-state index in [2.05, 4.69) is 37.8 Å². The zero-order valence-corrected chi connectivity index (χ0v) is 21.5. The van der Waals surface area contributed by atoms with Crippen molar-refractivity contribution in [3.05, 3.63) is 82.9 Å². The van der Waals surface area contributed by atoms with Gasteiger partial charge < -0.3 is 19.7 Å². The number of hydrogen-bond donors (Lipinski definition) is 2. The van der Waals surface area contributed by atoms with Crippen molar-refractivity contribution in [1.82, 2.24) is 4.90 Å². The van der Waals surface area contributed by atoms with E-state index < -0.39 is 0 Å². The fourth-order valence-electron chi connectivity index (χ4n) is 5.30. The van der Waals surface area contributed by atoms with Crippen molar-refractivity contribution in [1.29, 1.82) is 0 Å². The predicted octanol–water partition coefficient (Wildman–Crippen LogP) is 6.58. The van der Waals surface area contributed by atoms with E-state index in [0.717, 1.165) is 63.9 Å². The van der Waals surface area contributed by atoms with Crippen molar-refractivity contribution in [2.45, 2.75) is 46.3 Å². The summed E-state index contributed by atoms with van der Waals surface area (Å²) in [6.45, 7) is 11.5. The van der Waals surface area contributed by atoms with E-state index in [1.54, 1.807) is 18.2 Å². The van der Waals surface area contributed by atoms with Crippen LogP contribution in [0.2, 0.25) is 0 Å². The van der Waals surface area contributed by atoms with Gasteiger partial charge in [0.25, 0.3) is 0 Å². The molecule has 2 aliphatic rings. The summed E-state index contributed by atoms with van der Waals surface area (Å²) in [5.41, 5.74) is 5.73. The van der Waals surface area contributed by atoms with Crippen LogP contribution in [0.1, 0.15) is 55.5 Å². The van der Waals surface area contributed by atoms with Crippen LogP contribution in [0.4, 0.5) is 0 Å². The van der Waals surface area contributed by atoms with Crippen LogP contribution >= 0.6 is 0 Å². The Hall–Kier alpha value is -3.44. The molecule has 3 aromatic carbocycles. The largest absolute Gasteiger partial charge is 0.508 e. The Labute approximate surface area is 213 Å². The van der Waals surface area contributed by atoms with Crippen LogP contribution < -0.4 is 9.47 Å². The number of phenolic OH excluding ortho intramolecular Hbond substituents is 2. The number of aromatic hydroxyl groups is 2. The first-order valence-corrected chi connectivity index (χ1v) is 12.8. The van der Waals surface area contributed by atoms with Gasteiger partial charge in [-0.3, -0.25) is 4.90 Å². The summed E-state index contributed by atoms with van der Waals surface area (Å²) < 4.78 is 12.7. The van der Waals surface area contributed by atoms with Gasteiger partial charge in [-0.15, -0.1) is 0 Å². The van der Waals surface area contributed by atoms with Gasteiger partial charge in [0.2, 0.25) is 0 Å². The molecule has 5 heteroatoms. The van der Waals surface area contributed by atoms with Gasteiger partial charge in [-0.2, -0.15) is 0 Å². The molecule has 2 heterocycles. The second-order valence-electron chi connectivity index (χ2n) is 10.3. The number of nitrogens with zero attached hydrogens (tertiary/aromatic N) is 1. The second-order valence-corrected chi connectivity index (χ2v) is 10.3. The van der Waals surface area contributed by atoms with Crippen molar-refractivity contribution in [2.75, 3.05) is 19.7 Å². The Kier molecular flexibility index (Phi) is 6.67. The fourth-order valence-corrected chi connectivity index (χ4v) is 5.30. The number of aryl methyl sites for hydroxylation is 1. The van der Waals surface area contributed by atoms with Gasteiger partial charge in [-0.1, -0.05) is 25.1 Å². The van der Waals surface area contributed by atoms with E-state index in [1.165, 1.54) is 6.42 Å². The molecule has 188 valence electrons. The Balaban J connectivity index is 1.42. The quantitative estimate of drug-likeness (QED) is 0.413. The Bertz CT molecular complexity index is 1280. The minimum absolute atomic E-state index is 0.204. The Morgan fingerprint density at radius 3 is 2.50 bits per heavy atom.